The predicted molar refractivity (Wildman–Crippen MR) is 101 cm³/mol. The highest BCUT2D eigenvalue weighted by Crippen LogP contribution is 2.32. The van der Waals surface area contributed by atoms with E-state index in [1.54, 1.807) is 24.3 Å². The van der Waals surface area contributed by atoms with Gasteiger partial charge in [0.1, 0.15) is 5.02 Å². The normalized spacial score (nSPS) is 11.2. The number of halogens is 4. The minimum absolute atomic E-state index is 0.0538. The second-order valence-corrected chi connectivity index (χ2v) is 6.26. The van der Waals surface area contributed by atoms with Crippen LogP contribution >= 0.6 is 11.6 Å². The maximum absolute atomic E-state index is 12.9. The molecule has 0 radical (unpaired) electrons. The third-order valence-corrected chi connectivity index (χ3v) is 4.02. The Balaban J connectivity index is 1.81. The highest BCUT2D eigenvalue weighted by molar-refractivity contribution is 6.32. The van der Waals surface area contributed by atoms with Gasteiger partial charge >= 0.3 is 6.18 Å². The molecule has 0 saturated carbocycles. The van der Waals surface area contributed by atoms with Crippen LogP contribution in [0.2, 0.25) is 5.02 Å². The van der Waals surface area contributed by atoms with Crippen LogP contribution in [0.25, 0.3) is 0 Å². The molecule has 2 N–H and O–H groups in total. The fourth-order valence-corrected chi connectivity index (χ4v) is 2.48. The van der Waals surface area contributed by atoms with Gasteiger partial charge in [0.15, 0.2) is 11.6 Å². The van der Waals surface area contributed by atoms with Crippen LogP contribution in [0.1, 0.15) is 22.8 Å². The van der Waals surface area contributed by atoms with Gasteiger partial charge in [0.2, 0.25) is 5.95 Å². The van der Waals surface area contributed by atoms with E-state index in [9.17, 15) is 18.0 Å². The van der Waals surface area contributed by atoms with Crippen molar-refractivity contribution in [2.24, 2.45) is 0 Å². The Kier molecular flexibility index (Phi) is 5.51. The number of ketones is 1. The van der Waals surface area contributed by atoms with Gasteiger partial charge in [0.05, 0.1) is 11.8 Å². The fraction of sp³-hybridized carbons (Fsp3) is 0.105. The Morgan fingerprint density at radius 2 is 1.75 bits per heavy atom. The van der Waals surface area contributed by atoms with E-state index in [1.165, 1.54) is 25.3 Å². The van der Waals surface area contributed by atoms with E-state index in [0.29, 0.717) is 11.3 Å². The Morgan fingerprint density at radius 1 is 1.04 bits per heavy atom. The lowest BCUT2D eigenvalue weighted by Crippen LogP contribution is -2.06. The Morgan fingerprint density at radius 3 is 2.39 bits per heavy atom. The van der Waals surface area contributed by atoms with Crippen molar-refractivity contribution in [3.63, 3.8) is 0 Å². The number of aromatic nitrogens is 2. The molecule has 0 unspecified atom stereocenters. The number of nitrogens with one attached hydrogen (secondary N) is 2. The molecule has 0 atom stereocenters. The number of alkyl halides is 3. The fourth-order valence-electron chi connectivity index (χ4n) is 2.34. The van der Waals surface area contributed by atoms with Crippen molar-refractivity contribution in [3.05, 3.63) is 70.9 Å². The number of rotatable bonds is 5. The van der Waals surface area contributed by atoms with E-state index in [0.717, 1.165) is 12.1 Å². The molecule has 0 aliphatic carbocycles. The van der Waals surface area contributed by atoms with Crippen molar-refractivity contribution in [1.29, 1.82) is 0 Å². The zero-order chi connectivity index (χ0) is 20.3. The Bertz CT molecular complexity index is 1010. The van der Waals surface area contributed by atoms with Crippen LogP contribution in [0, 0.1) is 0 Å². The predicted octanol–water partition coefficient (Wildman–Crippen LogP) is 5.84. The van der Waals surface area contributed by atoms with Crippen LogP contribution in [0.3, 0.4) is 0 Å². The van der Waals surface area contributed by atoms with Gasteiger partial charge in [0, 0.05) is 16.9 Å². The quantitative estimate of drug-likeness (QED) is 0.521. The summed E-state index contributed by atoms with van der Waals surface area (Å²) in [5, 5.41) is 5.86. The lowest BCUT2D eigenvalue weighted by Gasteiger charge is -2.12. The molecule has 0 aliphatic heterocycles. The van der Waals surface area contributed by atoms with Crippen LogP contribution in [-0.2, 0) is 6.18 Å². The van der Waals surface area contributed by atoms with Crippen molar-refractivity contribution in [3.8, 4) is 0 Å². The van der Waals surface area contributed by atoms with Gasteiger partial charge in [-0.2, -0.15) is 18.2 Å². The molecule has 28 heavy (non-hydrogen) atoms. The van der Waals surface area contributed by atoms with Crippen molar-refractivity contribution in [2.45, 2.75) is 13.1 Å². The topological polar surface area (TPSA) is 66.9 Å². The van der Waals surface area contributed by atoms with E-state index in [1.807, 2.05) is 0 Å². The molecule has 0 bridgehead atoms. The lowest BCUT2D eigenvalue weighted by molar-refractivity contribution is -0.137. The van der Waals surface area contributed by atoms with Gasteiger partial charge in [-0.15, -0.1) is 0 Å². The van der Waals surface area contributed by atoms with E-state index in [4.69, 9.17) is 11.6 Å². The zero-order valence-electron chi connectivity index (χ0n) is 14.5. The molecular weight excluding hydrogens is 393 g/mol. The first kappa shape index (κ1) is 19.6. The Labute approximate surface area is 163 Å². The third-order valence-electron chi connectivity index (χ3n) is 3.74. The highest BCUT2D eigenvalue weighted by Gasteiger charge is 2.30. The first-order chi connectivity index (χ1) is 13.2. The van der Waals surface area contributed by atoms with E-state index >= 15 is 0 Å². The number of nitrogens with zero attached hydrogens (tertiary/aromatic N) is 2. The van der Waals surface area contributed by atoms with E-state index in [2.05, 4.69) is 20.6 Å². The number of carbonyl (C=O) groups excluding carboxylic acids is 1. The monoisotopic (exact) mass is 406 g/mol. The summed E-state index contributed by atoms with van der Waals surface area (Å²) in [7, 11) is 0. The molecule has 5 nitrogen and oxygen atoms in total. The molecule has 9 heteroatoms. The molecule has 144 valence electrons. The van der Waals surface area contributed by atoms with Crippen molar-refractivity contribution < 1.29 is 18.0 Å². The van der Waals surface area contributed by atoms with Crippen LogP contribution in [-0.4, -0.2) is 15.8 Å². The summed E-state index contributed by atoms with van der Waals surface area (Å²) < 4.78 is 38.6. The van der Waals surface area contributed by atoms with Crippen molar-refractivity contribution in [2.75, 3.05) is 10.6 Å². The zero-order valence-corrected chi connectivity index (χ0v) is 15.3. The molecular formula is C19H14ClF3N4O. The number of Topliss-reactive ketones (excluding diaryl/α,β-unsaturated/α-hetero) is 1. The molecule has 0 aliphatic rings. The minimum Gasteiger partial charge on any atom is -0.339 e. The average Bonchev–Trinajstić information content (AvgIpc) is 2.64. The third kappa shape index (κ3) is 4.77. The number of hydrogen-bond donors (Lipinski definition) is 2. The van der Waals surface area contributed by atoms with Gasteiger partial charge in [-0.1, -0.05) is 17.7 Å². The molecule has 0 amide bonds. The molecule has 1 aromatic heterocycles. The molecule has 3 aromatic rings. The first-order valence-corrected chi connectivity index (χ1v) is 8.45. The Hall–Kier alpha value is -3.13. The van der Waals surface area contributed by atoms with Gasteiger partial charge in [-0.3, -0.25) is 4.79 Å². The maximum Gasteiger partial charge on any atom is 0.416 e. The standard InChI is InChI=1S/C19H14ClF3N4O/c1-11(28)12-5-7-14(8-6-12)26-18-24-10-16(20)17(27-18)25-15-4-2-3-13(9-15)19(21,22)23/h2-10H,1H3,(H2,24,25,26,27). The number of hydrogen-bond acceptors (Lipinski definition) is 5. The molecule has 0 saturated heterocycles. The average molecular weight is 407 g/mol. The largest absolute Gasteiger partial charge is 0.416 e. The van der Waals surface area contributed by atoms with E-state index in [-0.39, 0.29) is 28.3 Å². The number of carbonyl (C=O) groups is 1. The molecule has 0 fully saturated rings. The van der Waals surface area contributed by atoms with Gasteiger partial charge < -0.3 is 10.6 Å². The summed E-state index contributed by atoms with van der Waals surface area (Å²) in [6, 6.07) is 11.4. The molecule has 1 heterocycles. The summed E-state index contributed by atoms with van der Waals surface area (Å²) in [6.07, 6.45) is -3.12. The summed E-state index contributed by atoms with van der Waals surface area (Å²) in [5.74, 6) is 0.287. The van der Waals surface area contributed by atoms with Crippen LogP contribution < -0.4 is 10.6 Å². The summed E-state index contributed by atoms with van der Waals surface area (Å²) in [4.78, 5) is 19.6. The van der Waals surface area contributed by atoms with Crippen LogP contribution in [0.4, 0.5) is 36.3 Å². The van der Waals surface area contributed by atoms with Gasteiger partial charge in [0.25, 0.3) is 0 Å². The molecule has 0 spiro atoms. The molecule has 3 rings (SSSR count). The summed E-state index contributed by atoms with van der Waals surface area (Å²) >= 11 is 6.06. The molecule has 2 aromatic carbocycles. The van der Waals surface area contributed by atoms with Crippen molar-refractivity contribution >= 4 is 40.5 Å². The SMILES string of the molecule is CC(=O)c1ccc(Nc2ncc(Cl)c(Nc3cccc(C(F)(F)F)c3)n2)cc1. The summed E-state index contributed by atoms with van der Waals surface area (Å²) in [5.41, 5.74) is 0.602. The first-order valence-electron chi connectivity index (χ1n) is 8.07. The van der Waals surface area contributed by atoms with E-state index < -0.39 is 11.7 Å². The van der Waals surface area contributed by atoms with Crippen LogP contribution in [0.5, 0.6) is 0 Å². The lowest BCUT2D eigenvalue weighted by atomic mass is 10.1. The minimum atomic E-state index is -4.45. The number of benzene rings is 2. The second-order valence-electron chi connectivity index (χ2n) is 5.85. The number of anilines is 4. The van der Waals surface area contributed by atoms with Gasteiger partial charge in [-0.05, 0) is 49.4 Å². The maximum atomic E-state index is 12.9. The smallest absolute Gasteiger partial charge is 0.339 e. The van der Waals surface area contributed by atoms with Crippen LogP contribution in [0.15, 0.2) is 54.7 Å². The van der Waals surface area contributed by atoms with Crippen molar-refractivity contribution in [1.82, 2.24) is 9.97 Å². The highest BCUT2D eigenvalue weighted by atomic mass is 35.5. The second kappa shape index (κ2) is 7.85. The summed E-state index contributed by atoms with van der Waals surface area (Å²) in [6.45, 7) is 1.47. The van der Waals surface area contributed by atoms with Gasteiger partial charge in [-0.25, -0.2) is 4.98 Å².